The standard InChI is InChI=1S/C17H32N6O7/c1-9(24)14(23-15(28)10(19)4-2-3-7-18)17(30)22-11(5-6-12(20)25)16(29)21-8-13(26)27/h9-11,14,24H,2-8,18-19H2,1H3,(H2,20,25)(H,21,29)(H,22,30)(H,23,28)(H,26,27). The lowest BCUT2D eigenvalue weighted by atomic mass is 10.1. The summed E-state index contributed by atoms with van der Waals surface area (Å²) in [4.78, 5) is 58.5. The lowest BCUT2D eigenvalue weighted by molar-refractivity contribution is -0.139. The van der Waals surface area contributed by atoms with E-state index in [4.69, 9.17) is 22.3 Å². The highest BCUT2D eigenvalue weighted by Gasteiger charge is 2.31. The highest BCUT2D eigenvalue weighted by atomic mass is 16.4. The van der Waals surface area contributed by atoms with E-state index in [-0.39, 0.29) is 12.8 Å². The van der Waals surface area contributed by atoms with Crippen molar-refractivity contribution < 1.29 is 34.2 Å². The summed E-state index contributed by atoms with van der Waals surface area (Å²) >= 11 is 0. The highest BCUT2D eigenvalue weighted by Crippen LogP contribution is 2.03. The van der Waals surface area contributed by atoms with Crippen LogP contribution in [0, 0.1) is 0 Å². The number of primary amides is 1. The van der Waals surface area contributed by atoms with Gasteiger partial charge in [-0.25, -0.2) is 0 Å². The van der Waals surface area contributed by atoms with Gasteiger partial charge in [0.05, 0.1) is 12.1 Å². The minimum atomic E-state index is -1.43. The number of aliphatic carboxylic acids is 1. The normalized spacial score (nSPS) is 14.7. The number of rotatable bonds is 15. The molecule has 11 N–H and O–H groups in total. The summed E-state index contributed by atoms with van der Waals surface area (Å²) in [6.07, 6.45) is -0.182. The van der Waals surface area contributed by atoms with Crippen LogP contribution in [0.25, 0.3) is 0 Å². The second kappa shape index (κ2) is 14.3. The Morgan fingerprint density at radius 3 is 2.10 bits per heavy atom. The zero-order valence-corrected chi connectivity index (χ0v) is 16.9. The third-order valence-corrected chi connectivity index (χ3v) is 4.09. The van der Waals surface area contributed by atoms with Gasteiger partial charge in [-0.2, -0.15) is 0 Å². The molecule has 0 spiro atoms. The SMILES string of the molecule is CC(O)C(NC(=O)C(N)CCCCN)C(=O)NC(CCC(N)=O)C(=O)NCC(=O)O. The largest absolute Gasteiger partial charge is 0.480 e. The molecule has 0 aliphatic heterocycles. The number of aliphatic hydroxyl groups excluding tert-OH is 1. The molecule has 30 heavy (non-hydrogen) atoms. The lowest BCUT2D eigenvalue weighted by Gasteiger charge is -2.25. The molecule has 4 atom stereocenters. The Morgan fingerprint density at radius 1 is 0.967 bits per heavy atom. The third kappa shape index (κ3) is 11.3. The topological polar surface area (TPSA) is 240 Å². The number of amides is 4. The zero-order chi connectivity index (χ0) is 23.3. The molecule has 0 aliphatic carbocycles. The molecule has 0 rings (SSSR count). The number of nitrogens with two attached hydrogens (primary N) is 3. The molecule has 0 saturated heterocycles. The number of hydrogen-bond acceptors (Lipinski definition) is 8. The molecule has 4 amide bonds. The van der Waals surface area contributed by atoms with Gasteiger partial charge in [-0.15, -0.1) is 0 Å². The van der Waals surface area contributed by atoms with Crippen LogP contribution in [0.3, 0.4) is 0 Å². The van der Waals surface area contributed by atoms with Crippen molar-refractivity contribution in [3.8, 4) is 0 Å². The maximum Gasteiger partial charge on any atom is 0.322 e. The van der Waals surface area contributed by atoms with Crippen LogP contribution in [0.1, 0.15) is 39.0 Å². The molecule has 0 aromatic carbocycles. The maximum atomic E-state index is 12.5. The Kier molecular flexibility index (Phi) is 12.9. The third-order valence-electron chi connectivity index (χ3n) is 4.09. The molecule has 0 bridgehead atoms. The molecule has 13 nitrogen and oxygen atoms in total. The fraction of sp³-hybridized carbons (Fsp3) is 0.706. The number of carbonyl (C=O) groups is 5. The minimum Gasteiger partial charge on any atom is -0.480 e. The monoisotopic (exact) mass is 432 g/mol. The van der Waals surface area contributed by atoms with Crippen molar-refractivity contribution in [2.24, 2.45) is 17.2 Å². The first kappa shape index (κ1) is 27.2. The molecule has 0 aromatic heterocycles. The van der Waals surface area contributed by atoms with E-state index in [0.29, 0.717) is 25.8 Å². The molecular formula is C17H32N6O7. The number of carboxylic acid groups (broad SMARTS) is 1. The summed E-state index contributed by atoms with van der Waals surface area (Å²) in [5.74, 6) is -4.48. The molecule has 0 radical (unpaired) electrons. The highest BCUT2D eigenvalue weighted by molar-refractivity contribution is 5.94. The number of hydrogen-bond donors (Lipinski definition) is 8. The molecule has 172 valence electrons. The predicted octanol–water partition coefficient (Wildman–Crippen LogP) is -3.74. The summed E-state index contributed by atoms with van der Waals surface area (Å²) in [6.45, 7) is 1.01. The van der Waals surface area contributed by atoms with Crippen molar-refractivity contribution in [1.29, 1.82) is 0 Å². The van der Waals surface area contributed by atoms with E-state index in [9.17, 15) is 29.1 Å². The average Bonchev–Trinajstić information content (AvgIpc) is 2.66. The van der Waals surface area contributed by atoms with Crippen LogP contribution in [0.15, 0.2) is 0 Å². The van der Waals surface area contributed by atoms with Gasteiger partial charge >= 0.3 is 5.97 Å². The Labute approximate surface area is 174 Å². The second-order valence-electron chi connectivity index (χ2n) is 6.80. The van der Waals surface area contributed by atoms with Crippen molar-refractivity contribution in [3.63, 3.8) is 0 Å². The molecular weight excluding hydrogens is 400 g/mol. The Morgan fingerprint density at radius 2 is 1.60 bits per heavy atom. The van der Waals surface area contributed by atoms with Gasteiger partial charge in [0.1, 0.15) is 18.6 Å². The summed E-state index contributed by atoms with van der Waals surface area (Å²) in [5, 5.41) is 25.2. The summed E-state index contributed by atoms with van der Waals surface area (Å²) in [6, 6.07) is -3.66. The lowest BCUT2D eigenvalue weighted by Crippen LogP contribution is -2.59. The Bertz CT molecular complexity index is 613. The van der Waals surface area contributed by atoms with E-state index in [0.717, 1.165) is 0 Å². The number of unbranched alkanes of at least 4 members (excludes halogenated alkanes) is 1. The summed E-state index contributed by atoms with van der Waals surface area (Å²) < 4.78 is 0. The fourth-order valence-electron chi connectivity index (χ4n) is 2.41. The minimum absolute atomic E-state index is 0.203. The van der Waals surface area contributed by atoms with Crippen molar-refractivity contribution in [3.05, 3.63) is 0 Å². The Balaban J connectivity index is 5.12. The van der Waals surface area contributed by atoms with Crippen LogP contribution in [-0.4, -0.2) is 77.1 Å². The van der Waals surface area contributed by atoms with E-state index >= 15 is 0 Å². The molecule has 0 aliphatic rings. The first-order chi connectivity index (χ1) is 14.0. The van der Waals surface area contributed by atoms with Crippen LogP contribution in [0.2, 0.25) is 0 Å². The van der Waals surface area contributed by atoms with Crippen LogP contribution in [-0.2, 0) is 24.0 Å². The first-order valence-corrected chi connectivity index (χ1v) is 9.51. The summed E-state index contributed by atoms with van der Waals surface area (Å²) in [7, 11) is 0. The van der Waals surface area contributed by atoms with E-state index in [1.807, 2.05) is 0 Å². The van der Waals surface area contributed by atoms with Crippen LogP contribution >= 0.6 is 0 Å². The number of aliphatic hydroxyl groups is 1. The quantitative estimate of drug-likeness (QED) is 0.118. The van der Waals surface area contributed by atoms with Crippen molar-refractivity contribution in [2.45, 2.75) is 63.3 Å². The smallest absolute Gasteiger partial charge is 0.322 e. The second-order valence-corrected chi connectivity index (χ2v) is 6.80. The van der Waals surface area contributed by atoms with Gasteiger partial charge in [-0.3, -0.25) is 24.0 Å². The maximum absolute atomic E-state index is 12.5. The van der Waals surface area contributed by atoms with E-state index in [1.165, 1.54) is 6.92 Å². The number of carbonyl (C=O) groups excluding carboxylic acids is 4. The Hall–Kier alpha value is -2.77. The predicted molar refractivity (Wildman–Crippen MR) is 105 cm³/mol. The molecule has 13 heteroatoms. The fourth-order valence-corrected chi connectivity index (χ4v) is 2.41. The van der Waals surface area contributed by atoms with E-state index < -0.39 is 60.4 Å². The molecule has 0 saturated carbocycles. The van der Waals surface area contributed by atoms with Crippen molar-refractivity contribution >= 4 is 29.6 Å². The number of nitrogens with one attached hydrogen (secondary N) is 3. The van der Waals surface area contributed by atoms with E-state index in [2.05, 4.69) is 16.0 Å². The van der Waals surface area contributed by atoms with Gasteiger partial charge in [-0.1, -0.05) is 6.42 Å². The van der Waals surface area contributed by atoms with Gasteiger partial charge in [0, 0.05) is 6.42 Å². The van der Waals surface area contributed by atoms with Gasteiger partial charge in [-0.05, 0) is 32.7 Å². The average molecular weight is 432 g/mol. The molecule has 0 aromatic rings. The van der Waals surface area contributed by atoms with Gasteiger partial charge < -0.3 is 43.4 Å². The van der Waals surface area contributed by atoms with Crippen LogP contribution in [0.5, 0.6) is 0 Å². The van der Waals surface area contributed by atoms with Crippen molar-refractivity contribution in [2.75, 3.05) is 13.1 Å². The summed E-state index contributed by atoms with van der Waals surface area (Å²) in [5.41, 5.74) is 16.2. The van der Waals surface area contributed by atoms with Gasteiger partial charge in [0.15, 0.2) is 0 Å². The first-order valence-electron chi connectivity index (χ1n) is 9.51. The van der Waals surface area contributed by atoms with Gasteiger partial charge in [0.25, 0.3) is 0 Å². The van der Waals surface area contributed by atoms with E-state index in [1.54, 1.807) is 0 Å². The zero-order valence-electron chi connectivity index (χ0n) is 16.9. The number of carboxylic acids is 1. The van der Waals surface area contributed by atoms with Crippen molar-refractivity contribution in [1.82, 2.24) is 16.0 Å². The molecule has 0 fully saturated rings. The molecule has 4 unspecified atom stereocenters. The van der Waals surface area contributed by atoms with Crippen LogP contribution < -0.4 is 33.2 Å². The van der Waals surface area contributed by atoms with Crippen LogP contribution in [0.4, 0.5) is 0 Å². The molecule has 0 heterocycles. The van der Waals surface area contributed by atoms with Gasteiger partial charge in [0.2, 0.25) is 23.6 Å².